The van der Waals surface area contributed by atoms with Gasteiger partial charge in [-0.3, -0.25) is 4.84 Å². The molecule has 0 unspecified atom stereocenters. The molecule has 0 radical (unpaired) electrons. The molecule has 1 aromatic carbocycles. The van der Waals surface area contributed by atoms with E-state index in [0.29, 0.717) is 0 Å². The van der Waals surface area contributed by atoms with Crippen molar-refractivity contribution in [3.8, 4) is 5.75 Å². The number of nitrogens with one attached hydrogen (secondary N) is 1. The minimum absolute atomic E-state index is 0.115. The van der Waals surface area contributed by atoms with E-state index < -0.39 is 22.8 Å². The van der Waals surface area contributed by atoms with Crippen molar-refractivity contribution in [1.29, 1.82) is 0 Å². The van der Waals surface area contributed by atoms with Crippen LogP contribution in [-0.4, -0.2) is 28.3 Å². The third-order valence-corrected chi connectivity index (χ3v) is 3.31. The van der Waals surface area contributed by atoms with Crippen LogP contribution in [0, 0.1) is 0 Å². The molecule has 5 nitrogen and oxygen atoms in total. The number of hydrogen-bond acceptors (Lipinski definition) is 4. The summed E-state index contributed by atoms with van der Waals surface area (Å²) >= 11 is 5.63. The zero-order valence-corrected chi connectivity index (χ0v) is 11.1. The summed E-state index contributed by atoms with van der Waals surface area (Å²) in [5.41, 5.74) is 0. The number of sulfonamides is 1. The maximum atomic E-state index is 11.8. The molecular formula is C9H9ClF3NO4S. The SMILES string of the molecule is COc1cc(Cl)ccc1S(=O)(=O)NOCC(F)(F)F. The Labute approximate surface area is 112 Å². The highest BCUT2D eigenvalue weighted by Crippen LogP contribution is 2.27. The van der Waals surface area contributed by atoms with Gasteiger partial charge in [0.2, 0.25) is 0 Å². The van der Waals surface area contributed by atoms with Gasteiger partial charge in [-0.1, -0.05) is 16.5 Å². The van der Waals surface area contributed by atoms with Gasteiger partial charge in [0, 0.05) is 11.1 Å². The molecule has 0 aromatic heterocycles. The molecule has 0 atom stereocenters. The zero-order valence-electron chi connectivity index (χ0n) is 9.49. The molecule has 0 fully saturated rings. The minimum Gasteiger partial charge on any atom is -0.495 e. The topological polar surface area (TPSA) is 64.6 Å². The van der Waals surface area contributed by atoms with Crippen molar-refractivity contribution in [2.45, 2.75) is 11.1 Å². The van der Waals surface area contributed by atoms with Crippen molar-refractivity contribution in [1.82, 2.24) is 4.89 Å². The fraction of sp³-hybridized carbons (Fsp3) is 0.333. The fourth-order valence-electron chi connectivity index (χ4n) is 1.10. The van der Waals surface area contributed by atoms with Crippen LogP contribution in [0.25, 0.3) is 0 Å². The van der Waals surface area contributed by atoms with Crippen LogP contribution < -0.4 is 9.62 Å². The monoisotopic (exact) mass is 319 g/mol. The quantitative estimate of drug-likeness (QED) is 0.844. The molecule has 1 N–H and O–H groups in total. The molecule has 0 aliphatic heterocycles. The molecule has 0 saturated carbocycles. The van der Waals surface area contributed by atoms with Crippen LogP contribution in [0.3, 0.4) is 0 Å². The molecule has 0 bridgehead atoms. The molecule has 1 rings (SSSR count). The largest absolute Gasteiger partial charge is 0.495 e. The van der Waals surface area contributed by atoms with Crippen LogP contribution in [0.15, 0.2) is 23.1 Å². The lowest BCUT2D eigenvalue weighted by molar-refractivity contribution is -0.181. The van der Waals surface area contributed by atoms with Crippen molar-refractivity contribution in [2.75, 3.05) is 13.7 Å². The van der Waals surface area contributed by atoms with Gasteiger partial charge in [-0.05, 0) is 12.1 Å². The molecule has 0 aliphatic rings. The molecule has 10 heteroatoms. The zero-order chi connectivity index (χ0) is 14.7. The van der Waals surface area contributed by atoms with Gasteiger partial charge in [0.05, 0.1) is 7.11 Å². The van der Waals surface area contributed by atoms with Crippen molar-refractivity contribution in [3.63, 3.8) is 0 Å². The second kappa shape index (κ2) is 5.95. The molecule has 108 valence electrons. The van der Waals surface area contributed by atoms with E-state index in [2.05, 4.69) is 4.84 Å². The van der Waals surface area contributed by atoms with Crippen LogP contribution in [-0.2, 0) is 14.9 Å². The van der Waals surface area contributed by atoms with Gasteiger partial charge < -0.3 is 4.74 Å². The van der Waals surface area contributed by atoms with E-state index in [-0.39, 0.29) is 15.7 Å². The molecule has 0 saturated heterocycles. The lowest BCUT2D eigenvalue weighted by atomic mass is 10.3. The normalized spacial score (nSPS) is 12.5. The van der Waals surface area contributed by atoms with E-state index in [1.807, 2.05) is 0 Å². The number of alkyl halides is 3. The summed E-state index contributed by atoms with van der Waals surface area (Å²) in [6, 6.07) is 3.54. The minimum atomic E-state index is -4.65. The lowest BCUT2D eigenvalue weighted by Gasteiger charge is -2.11. The summed E-state index contributed by atoms with van der Waals surface area (Å²) in [6.45, 7) is -1.75. The summed E-state index contributed by atoms with van der Waals surface area (Å²) in [5.74, 6) is -0.115. The number of hydrogen-bond donors (Lipinski definition) is 1. The van der Waals surface area contributed by atoms with Crippen LogP contribution in [0.2, 0.25) is 5.02 Å². The molecule has 0 heterocycles. The number of methoxy groups -OCH3 is 1. The van der Waals surface area contributed by atoms with Gasteiger partial charge in [0.25, 0.3) is 10.0 Å². The van der Waals surface area contributed by atoms with E-state index >= 15 is 0 Å². The van der Waals surface area contributed by atoms with Crippen LogP contribution in [0.1, 0.15) is 0 Å². The first-order valence-corrected chi connectivity index (χ1v) is 6.56. The Morgan fingerprint density at radius 1 is 1.37 bits per heavy atom. The summed E-state index contributed by atoms with van der Waals surface area (Å²) in [5, 5.41) is 0.215. The summed E-state index contributed by atoms with van der Waals surface area (Å²) in [4.78, 5) is 4.86. The van der Waals surface area contributed by atoms with E-state index in [4.69, 9.17) is 16.3 Å². The Morgan fingerprint density at radius 3 is 2.53 bits per heavy atom. The van der Waals surface area contributed by atoms with Gasteiger partial charge >= 0.3 is 6.18 Å². The first-order valence-electron chi connectivity index (χ1n) is 4.69. The summed E-state index contributed by atoms with van der Waals surface area (Å²) in [6.07, 6.45) is -4.65. The highest BCUT2D eigenvalue weighted by Gasteiger charge is 2.29. The first-order chi connectivity index (χ1) is 8.65. The number of ether oxygens (including phenoxy) is 1. The number of benzene rings is 1. The molecule has 1 aromatic rings. The van der Waals surface area contributed by atoms with Crippen molar-refractivity contribution in [3.05, 3.63) is 23.2 Å². The van der Waals surface area contributed by atoms with Crippen molar-refractivity contribution < 1.29 is 31.2 Å². The number of halogens is 4. The standard InChI is InChI=1S/C9H9ClF3NO4S/c1-17-7-4-6(10)2-3-8(7)19(15,16)14-18-5-9(11,12)13/h2-4,14H,5H2,1H3. The predicted molar refractivity (Wildman–Crippen MR) is 60.3 cm³/mol. The van der Waals surface area contributed by atoms with Gasteiger partial charge in [0.1, 0.15) is 10.6 Å². The number of rotatable bonds is 5. The Balaban J connectivity index is 2.89. The first kappa shape index (κ1) is 16.0. The maximum absolute atomic E-state index is 11.8. The smallest absolute Gasteiger partial charge is 0.413 e. The molecule has 0 aliphatic carbocycles. The predicted octanol–water partition coefficient (Wildman–Crippen LogP) is 2.12. The second-order valence-electron chi connectivity index (χ2n) is 3.29. The van der Waals surface area contributed by atoms with Crippen LogP contribution in [0.5, 0.6) is 5.75 Å². The van der Waals surface area contributed by atoms with E-state index in [1.165, 1.54) is 24.1 Å². The van der Waals surface area contributed by atoms with E-state index in [9.17, 15) is 21.6 Å². The Hall–Kier alpha value is -1.03. The van der Waals surface area contributed by atoms with Crippen LogP contribution in [0.4, 0.5) is 13.2 Å². The molecule has 19 heavy (non-hydrogen) atoms. The molecule has 0 spiro atoms. The third-order valence-electron chi connectivity index (χ3n) is 1.82. The average Bonchev–Trinajstić information content (AvgIpc) is 2.26. The van der Waals surface area contributed by atoms with E-state index in [0.717, 1.165) is 6.07 Å². The highest BCUT2D eigenvalue weighted by atomic mass is 35.5. The highest BCUT2D eigenvalue weighted by molar-refractivity contribution is 7.89. The van der Waals surface area contributed by atoms with Gasteiger partial charge in [-0.25, -0.2) is 8.42 Å². The fourth-order valence-corrected chi connectivity index (χ4v) is 2.22. The molecular weight excluding hydrogens is 311 g/mol. The third kappa shape index (κ3) is 4.86. The van der Waals surface area contributed by atoms with Crippen LogP contribution >= 0.6 is 11.6 Å². The summed E-state index contributed by atoms with van der Waals surface area (Å²) < 4.78 is 63.6. The van der Waals surface area contributed by atoms with E-state index in [1.54, 1.807) is 0 Å². The van der Waals surface area contributed by atoms with Gasteiger partial charge in [0.15, 0.2) is 6.61 Å². The van der Waals surface area contributed by atoms with Crippen molar-refractivity contribution in [2.24, 2.45) is 0 Å². The average molecular weight is 320 g/mol. The lowest BCUT2D eigenvalue weighted by Crippen LogP contribution is -2.29. The van der Waals surface area contributed by atoms with Crippen molar-refractivity contribution >= 4 is 21.6 Å². The van der Waals surface area contributed by atoms with Gasteiger partial charge in [-0.15, -0.1) is 0 Å². The summed E-state index contributed by atoms with van der Waals surface area (Å²) in [7, 11) is -3.10. The molecule has 0 amide bonds. The Kier molecular flexibility index (Phi) is 5.02. The Morgan fingerprint density at radius 2 is 2.00 bits per heavy atom. The Bertz CT molecular complexity index is 547. The maximum Gasteiger partial charge on any atom is 0.413 e. The second-order valence-corrected chi connectivity index (χ2v) is 5.34. The van der Waals surface area contributed by atoms with Gasteiger partial charge in [-0.2, -0.15) is 13.2 Å².